The normalized spacial score (nSPS) is 15.0. The van der Waals surface area contributed by atoms with Gasteiger partial charge in [-0.25, -0.2) is 4.68 Å². The molecule has 1 aromatic carbocycles. The highest BCUT2D eigenvalue weighted by molar-refractivity contribution is 6.30. The molecule has 1 aromatic heterocycles. The molecular weight excluding hydrogens is 355 g/mol. The zero-order valence-electron chi connectivity index (χ0n) is 14.9. The molecule has 0 bridgehead atoms. The largest absolute Gasteiger partial charge is 0.473 e. The molecule has 138 valence electrons. The average Bonchev–Trinajstić information content (AvgIpc) is 2.96. The van der Waals surface area contributed by atoms with Crippen LogP contribution >= 0.6 is 24.0 Å². The maximum absolute atomic E-state index is 6.09. The molecule has 1 saturated carbocycles. The Balaban J connectivity index is 0.00000225. The van der Waals surface area contributed by atoms with Crippen LogP contribution in [-0.4, -0.2) is 9.78 Å². The number of hydrogen-bond donors (Lipinski definition) is 0. The molecule has 1 aliphatic carbocycles. The van der Waals surface area contributed by atoms with E-state index in [9.17, 15) is 0 Å². The summed E-state index contributed by atoms with van der Waals surface area (Å²) in [5.74, 6) is 1.63. The van der Waals surface area contributed by atoms with Crippen molar-refractivity contribution in [2.75, 3.05) is 0 Å². The third-order valence-corrected chi connectivity index (χ3v) is 4.97. The third kappa shape index (κ3) is 5.93. The maximum Gasteiger partial charge on any atom is 0.212 e. The fourth-order valence-corrected chi connectivity index (χ4v) is 3.69. The lowest BCUT2D eigenvalue weighted by Gasteiger charge is -2.22. The van der Waals surface area contributed by atoms with Crippen LogP contribution in [0.4, 0.5) is 0 Å². The molecule has 0 radical (unpaired) electrons. The molecule has 3 nitrogen and oxygen atoms in total. The summed E-state index contributed by atoms with van der Waals surface area (Å²) < 4.78 is 8.18. The first-order valence-corrected chi connectivity index (χ1v) is 9.56. The highest BCUT2D eigenvalue weighted by Crippen LogP contribution is 2.27. The van der Waals surface area contributed by atoms with E-state index in [0.29, 0.717) is 6.61 Å². The zero-order chi connectivity index (χ0) is 16.8. The van der Waals surface area contributed by atoms with E-state index in [1.165, 1.54) is 32.1 Å². The lowest BCUT2D eigenvalue weighted by Crippen LogP contribution is -2.16. The van der Waals surface area contributed by atoms with Crippen molar-refractivity contribution in [1.29, 1.82) is 0 Å². The molecule has 0 unspecified atom stereocenters. The van der Waals surface area contributed by atoms with Gasteiger partial charge in [-0.3, -0.25) is 0 Å². The summed E-state index contributed by atoms with van der Waals surface area (Å²) >= 11 is 6.06. The van der Waals surface area contributed by atoms with Crippen molar-refractivity contribution in [3.05, 3.63) is 46.6 Å². The van der Waals surface area contributed by atoms with Crippen LogP contribution in [0, 0.1) is 5.92 Å². The topological polar surface area (TPSA) is 27.1 Å². The van der Waals surface area contributed by atoms with Crippen LogP contribution in [0.3, 0.4) is 0 Å². The van der Waals surface area contributed by atoms with Gasteiger partial charge in [-0.2, -0.15) is 5.10 Å². The van der Waals surface area contributed by atoms with Crippen molar-refractivity contribution in [1.82, 2.24) is 9.78 Å². The molecule has 1 aliphatic rings. The Kier molecular flexibility index (Phi) is 8.11. The van der Waals surface area contributed by atoms with Crippen molar-refractivity contribution in [2.45, 2.75) is 65.0 Å². The first-order valence-electron chi connectivity index (χ1n) is 9.18. The Labute approximate surface area is 162 Å². The van der Waals surface area contributed by atoms with Crippen molar-refractivity contribution >= 4 is 24.0 Å². The Morgan fingerprint density at radius 2 is 2.00 bits per heavy atom. The van der Waals surface area contributed by atoms with Crippen LogP contribution in [0.1, 0.15) is 56.7 Å². The summed E-state index contributed by atoms with van der Waals surface area (Å²) in [6, 6.07) is 9.95. The first-order chi connectivity index (χ1) is 11.7. The summed E-state index contributed by atoms with van der Waals surface area (Å²) in [6.45, 7) is 3.70. The van der Waals surface area contributed by atoms with Gasteiger partial charge < -0.3 is 4.74 Å². The molecule has 2 aromatic rings. The Morgan fingerprint density at radius 3 is 2.72 bits per heavy atom. The molecule has 1 heterocycles. The van der Waals surface area contributed by atoms with Crippen LogP contribution < -0.4 is 4.74 Å². The molecule has 0 saturated heterocycles. The standard InChI is InChI=1S/C20H27ClN2O.ClH/c1-2-7-19-13-20(24-15-17-10-6-11-18(21)12-17)23(22-19)14-16-8-4-3-5-9-16;/h6,10-13,16H,2-5,7-9,14-15H2,1H3;1H. The van der Waals surface area contributed by atoms with Gasteiger partial charge in [0.05, 0.1) is 5.69 Å². The van der Waals surface area contributed by atoms with Gasteiger partial charge in [-0.05, 0) is 42.9 Å². The number of nitrogens with zero attached hydrogens (tertiary/aromatic N) is 2. The molecule has 0 spiro atoms. The van der Waals surface area contributed by atoms with Gasteiger partial charge >= 0.3 is 0 Å². The molecule has 0 N–H and O–H groups in total. The molecule has 1 fully saturated rings. The van der Waals surface area contributed by atoms with Crippen LogP contribution in [0.2, 0.25) is 5.02 Å². The van der Waals surface area contributed by atoms with Crippen LogP contribution in [-0.2, 0) is 19.6 Å². The molecule has 5 heteroatoms. The molecular formula is C20H28Cl2N2O. The molecule has 0 atom stereocenters. The average molecular weight is 383 g/mol. The van der Waals surface area contributed by atoms with E-state index in [4.69, 9.17) is 21.4 Å². The van der Waals surface area contributed by atoms with E-state index < -0.39 is 0 Å². The van der Waals surface area contributed by atoms with Crippen LogP contribution in [0.25, 0.3) is 0 Å². The summed E-state index contributed by atoms with van der Waals surface area (Å²) in [5.41, 5.74) is 2.22. The fourth-order valence-electron chi connectivity index (χ4n) is 3.47. The lowest BCUT2D eigenvalue weighted by molar-refractivity contribution is 0.245. The quantitative estimate of drug-likeness (QED) is 0.580. The van der Waals surface area contributed by atoms with Gasteiger partial charge in [0.1, 0.15) is 6.61 Å². The van der Waals surface area contributed by atoms with Gasteiger partial charge in [0.15, 0.2) is 0 Å². The van der Waals surface area contributed by atoms with E-state index in [-0.39, 0.29) is 12.4 Å². The minimum absolute atomic E-state index is 0. The van der Waals surface area contributed by atoms with Gasteiger partial charge in [0.2, 0.25) is 5.88 Å². The maximum atomic E-state index is 6.09. The second-order valence-corrected chi connectivity index (χ2v) is 7.27. The van der Waals surface area contributed by atoms with Gasteiger partial charge in [0, 0.05) is 17.6 Å². The van der Waals surface area contributed by atoms with E-state index in [0.717, 1.165) is 47.5 Å². The predicted octanol–water partition coefficient (Wildman–Crippen LogP) is 6.07. The number of ether oxygens (including phenoxy) is 1. The number of hydrogen-bond acceptors (Lipinski definition) is 2. The minimum Gasteiger partial charge on any atom is -0.473 e. The summed E-state index contributed by atoms with van der Waals surface area (Å²) in [4.78, 5) is 0. The number of aromatic nitrogens is 2. The molecule has 25 heavy (non-hydrogen) atoms. The molecule has 0 aliphatic heterocycles. The number of aryl methyl sites for hydroxylation is 1. The highest BCUT2D eigenvalue weighted by Gasteiger charge is 2.17. The Bertz CT molecular complexity index is 651. The highest BCUT2D eigenvalue weighted by atomic mass is 35.5. The first kappa shape index (κ1) is 20.1. The van der Waals surface area contributed by atoms with Crippen LogP contribution in [0.15, 0.2) is 30.3 Å². The van der Waals surface area contributed by atoms with Gasteiger partial charge in [0.25, 0.3) is 0 Å². The zero-order valence-corrected chi connectivity index (χ0v) is 16.5. The van der Waals surface area contributed by atoms with E-state index >= 15 is 0 Å². The number of benzene rings is 1. The second-order valence-electron chi connectivity index (χ2n) is 6.83. The van der Waals surface area contributed by atoms with E-state index in [2.05, 4.69) is 17.7 Å². The smallest absolute Gasteiger partial charge is 0.212 e. The SMILES string of the molecule is CCCc1cc(OCc2cccc(Cl)c2)n(CC2CCCCC2)n1.Cl. The van der Waals surface area contributed by atoms with Gasteiger partial charge in [-0.1, -0.05) is 56.3 Å². The Hall–Kier alpha value is -1.19. The summed E-state index contributed by atoms with van der Waals surface area (Å²) in [6.07, 6.45) is 8.83. The van der Waals surface area contributed by atoms with E-state index in [1.807, 2.05) is 24.3 Å². The third-order valence-electron chi connectivity index (χ3n) is 4.73. The number of halogens is 2. The van der Waals surface area contributed by atoms with Crippen molar-refractivity contribution in [3.8, 4) is 5.88 Å². The molecule has 3 rings (SSSR count). The molecule has 0 amide bonds. The minimum atomic E-state index is 0. The van der Waals surface area contributed by atoms with Crippen LogP contribution in [0.5, 0.6) is 5.88 Å². The summed E-state index contributed by atoms with van der Waals surface area (Å²) in [7, 11) is 0. The lowest BCUT2D eigenvalue weighted by atomic mass is 9.89. The predicted molar refractivity (Wildman–Crippen MR) is 106 cm³/mol. The monoisotopic (exact) mass is 382 g/mol. The second kappa shape index (κ2) is 10.1. The van der Waals surface area contributed by atoms with Crippen molar-refractivity contribution in [2.24, 2.45) is 5.92 Å². The van der Waals surface area contributed by atoms with Crippen molar-refractivity contribution in [3.63, 3.8) is 0 Å². The van der Waals surface area contributed by atoms with Crippen molar-refractivity contribution < 1.29 is 4.74 Å². The summed E-state index contributed by atoms with van der Waals surface area (Å²) in [5, 5.41) is 5.54. The fraction of sp³-hybridized carbons (Fsp3) is 0.550. The van der Waals surface area contributed by atoms with Gasteiger partial charge in [-0.15, -0.1) is 12.4 Å². The Morgan fingerprint density at radius 1 is 1.20 bits per heavy atom. The van der Waals surface area contributed by atoms with E-state index in [1.54, 1.807) is 0 Å². The number of rotatable bonds is 7.